The molecule has 1 aromatic heterocycles. The van der Waals surface area contributed by atoms with Gasteiger partial charge in [-0.1, -0.05) is 24.3 Å². The van der Waals surface area contributed by atoms with Crippen LogP contribution in [0.4, 0.5) is 4.39 Å². The lowest BCUT2D eigenvalue weighted by atomic mass is 10.0. The summed E-state index contributed by atoms with van der Waals surface area (Å²) >= 11 is 0. The van der Waals surface area contributed by atoms with E-state index in [0.717, 1.165) is 55.4 Å². The van der Waals surface area contributed by atoms with Crippen LogP contribution in [-0.4, -0.2) is 40.3 Å². The summed E-state index contributed by atoms with van der Waals surface area (Å²) in [6.45, 7) is 3.99. The van der Waals surface area contributed by atoms with Gasteiger partial charge in [-0.15, -0.1) is 0 Å². The summed E-state index contributed by atoms with van der Waals surface area (Å²) in [5.41, 5.74) is 2.86. The van der Waals surface area contributed by atoms with E-state index in [0.29, 0.717) is 6.61 Å². The summed E-state index contributed by atoms with van der Waals surface area (Å²) in [6.07, 6.45) is 2.81. The zero-order valence-corrected chi connectivity index (χ0v) is 16.5. The number of hydrogen-bond acceptors (Lipinski definition) is 4. The molecule has 1 spiro atoms. The van der Waals surface area contributed by atoms with Crippen molar-refractivity contribution in [1.82, 2.24) is 14.5 Å². The van der Waals surface area contributed by atoms with Crippen molar-refractivity contribution in [2.75, 3.05) is 20.2 Å². The highest BCUT2D eigenvalue weighted by atomic mass is 19.1. The van der Waals surface area contributed by atoms with Crippen molar-refractivity contribution < 1.29 is 13.9 Å². The number of halogens is 1. The van der Waals surface area contributed by atoms with Gasteiger partial charge in [-0.05, 0) is 36.2 Å². The molecule has 1 saturated heterocycles. The third-order valence-electron chi connectivity index (χ3n) is 5.97. The second kappa shape index (κ2) is 7.28. The average molecular weight is 393 g/mol. The molecule has 0 amide bonds. The Kier molecular flexibility index (Phi) is 4.60. The van der Waals surface area contributed by atoms with Crippen molar-refractivity contribution in [3.8, 4) is 17.0 Å². The molecular weight excluding hydrogens is 369 g/mol. The fraction of sp³-hybridized carbons (Fsp3) is 0.348. The summed E-state index contributed by atoms with van der Waals surface area (Å²) < 4.78 is 27.5. The first kappa shape index (κ1) is 18.3. The van der Waals surface area contributed by atoms with Gasteiger partial charge in [0.25, 0.3) is 0 Å². The topological polar surface area (TPSA) is 39.5 Å². The molecule has 5 rings (SSSR count). The quantitative estimate of drug-likeness (QED) is 0.675. The normalized spacial score (nSPS) is 21.4. The Morgan fingerprint density at radius 2 is 2.03 bits per heavy atom. The molecule has 0 N–H and O–H groups in total. The molecule has 29 heavy (non-hydrogen) atoms. The van der Waals surface area contributed by atoms with E-state index in [-0.39, 0.29) is 11.4 Å². The number of fused-ring (bicyclic) bond motifs is 1. The van der Waals surface area contributed by atoms with Crippen molar-refractivity contribution >= 4 is 0 Å². The van der Waals surface area contributed by atoms with E-state index in [1.54, 1.807) is 19.2 Å². The van der Waals surface area contributed by atoms with E-state index in [1.165, 1.54) is 11.6 Å². The maximum Gasteiger partial charge on any atom is 0.135 e. The number of likely N-dealkylation sites (tertiary alicyclic amines) is 1. The first-order valence-electron chi connectivity index (χ1n) is 9.94. The van der Waals surface area contributed by atoms with Crippen molar-refractivity contribution in [2.24, 2.45) is 0 Å². The molecule has 2 aromatic carbocycles. The monoisotopic (exact) mass is 393 g/mol. The Balaban J connectivity index is 1.33. The van der Waals surface area contributed by atoms with Crippen LogP contribution < -0.4 is 4.74 Å². The highest BCUT2D eigenvalue weighted by molar-refractivity contribution is 5.59. The molecule has 3 aromatic rings. The predicted octanol–water partition coefficient (Wildman–Crippen LogP) is 3.87. The predicted molar refractivity (Wildman–Crippen MR) is 108 cm³/mol. The molecule has 0 radical (unpaired) electrons. The van der Waals surface area contributed by atoms with Crippen LogP contribution in [0.25, 0.3) is 11.3 Å². The molecule has 0 unspecified atom stereocenters. The molecule has 0 aliphatic carbocycles. The smallest absolute Gasteiger partial charge is 0.135 e. The summed E-state index contributed by atoms with van der Waals surface area (Å²) in [5, 5.41) is 0. The minimum atomic E-state index is -0.230. The molecule has 1 atom stereocenters. The van der Waals surface area contributed by atoms with Gasteiger partial charge in [0.15, 0.2) is 0 Å². The number of rotatable bonds is 4. The number of imidazole rings is 1. The molecule has 6 heteroatoms. The minimum Gasteiger partial charge on any atom is -0.497 e. The van der Waals surface area contributed by atoms with E-state index >= 15 is 0 Å². The number of benzene rings is 2. The Morgan fingerprint density at radius 3 is 2.83 bits per heavy atom. The Hall–Kier alpha value is -2.70. The molecule has 5 nitrogen and oxygen atoms in total. The molecule has 3 heterocycles. The maximum atomic E-state index is 13.7. The van der Waals surface area contributed by atoms with E-state index in [2.05, 4.69) is 26.6 Å². The van der Waals surface area contributed by atoms with E-state index in [4.69, 9.17) is 9.47 Å². The van der Waals surface area contributed by atoms with Crippen LogP contribution in [0.1, 0.15) is 17.8 Å². The summed E-state index contributed by atoms with van der Waals surface area (Å²) in [7, 11) is 1.68. The van der Waals surface area contributed by atoms with Gasteiger partial charge >= 0.3 is 0 Å². The fourth-order valence-corrected chi connectivity index (χ4v) is 4.43. The molecular formula is C23H24FN3O2. The van der Waals surface area contributed by atoms with Crippen LogP contribution in [0.5, 0.6) is 5.75 Å². The fourth-order valence-electron chi connectivity index (χ4n) is 4.43. The SMILES string of the molecule is COc1ccc(CN2CC[C@@]3(C2)Cn2c(-c4cccc(F)c4)cnc2CO3)cc1. The van der Waals surface area contributed by atoms with Gasteiger partial charge < -0.3 is 14.0 Å². The molecule has 1 fully saturated rings. The van der Waals surface area contributed by atoms with Gasteiger partial charge in [-0.25, -0.2) is 9.37 Å². The van der Waals surface area contributed by atoms with Gasteiger partial charge in [0, 0.05) is 25.2 Å². The average Bonchev–Trinajstić information content (AvgIpc) is 3.33. The van der Waals surface area contributed by atoms with Gasteiger partial charge in [-0.3, -0.25) is 4.90 Å². The standard InChI is InChI=1S/C23H24FN3O2/c1-28-20-7-5-17(6-8-20)13-26-10-9-23(15-26)16-27-21(12-25-22(27)14-29-23)18-3-2-4-19(24)11-18/h2-8,11-12H,9-10,13-16H2,1H3/t23-/m1/s1. The molecule has 2 aliphatic rings. The number of ether oxygens (including phenoxy) is 2. The van der Waals surface area contributed by atoms with Crippen molar-refractivity contribution in [1.29, 1.82) is 0 Å². The zero-order chi connectivity index (χ0) is 19.8. The highest BCUT2D eigenvalue weighted by Gasteiger charge is 2.43. The molecule has 150 valence electrons. The molecule has 2 aliphatic heterocycles. The third kappa shape index (κ3) is 3.54. The molecule has 0 bridgehead atoms. The van der Waals surface area contributed by atoms with Crippen LogP contribution in [-0.2, 0) is 24.4 Å². The number of aromatic nitrogens is 2. The van der Waals surface area contributed by atoms with Crippen LogP contribution in [0, 0.1) is 5.82 Å². The van der Waals surface area contributed by atoms with E-state index < -0.39 is 0 Å². The van der Waals surface area contributed by atoms with E-state index in [1.807, 2.05) is 24.4 Å². The lowest BCUT2D eigenvalue weighted by molar-refractivity contribution is -0.0821. The van der Waals surface area contributed by atoms with Crippen molar-refractivity contribution in [2.45, 2.75) is 31.7 Å². The maximum absolute atomic E-state index is 13.7. The van der Waals surface area contributed by atoms with Crippen molar-refractivity contribution in [3.05, 3.63) is 71.9 Å². The number of nitrogens with zero attached hydrogens (tertiary/aromatic N) is 3. The summed E-state index contributed by atoms with van der Waals surface area (Å²) in [4.78, 5) is 6.95. The van der Waals surface area contributed by atoms with Gasteiger partial charge in [0.1, 0.15) is 29.6 Å². The van der Waals surface area contributed by atoms with Gasteiger partial charge in [0.2, 0.25) is 0 Å². The first-order chi connectivity index (χ1) is 14.1. The highest BCUT2D eigenvalue weighted by Crippen LogP contribution is 2.35. The summed E-state index contributed by atoms with van der Waals surface area (Å²) in [6, 6.07) is 14.9. The van der Waals surface area contributed by atoms with Crippen LogP contribution in [0.3, 0.4) is 0 Å². The van der Waals surface area contributed by atoms with Crippen LogP contribution >= 0.6 is 0 Å². The van der Waals surface area contributed by atoms with Crippen LogP contribution in [0.15, 0.2) is 54.7 Å². The second-order valence-electron chi connectivity index (χ2n) is 7.94. The van der Waals surface area contributed by atoms with Crippen LogP contribution in [0.2, 0.25) is 0 Å². The summed E-state index contributed by atoms with van der Waals surface area (Å²) in [5.74, 6) is 1.55. The lowest BCUT2D eigenvalue weighted by Gasteiger charge is -2.35. The van der Waals surface area contributed by atoms with Gasteiger partial charge in [0.05, 0.1) is 25.5 Å². The number of methoxy groups -OCH3 is 1. The van der Waals surface area contributed by atoms with Crippen molar-refractivity contribution in [3.63, 3.8) is 0 Å². The Labute approximate surface area is 169 Å². The second-order valence-corrected chi connectivity index (χ2v) is 7.94. The largest absolute Gasteiger partial charge is 0.497 e. The Bertz CT molecular complexity index is 1020. The minimum absolute atomic E-state index is 0.220. The third-order valence-corrected chi connectivity index (χ3v) is 5.97. The molecule has 0 saturated carbocycles. The van der Waals surface area contributed by atoms with E-state index in [9.17, 15) is 4.39 Å². The zero-order valence-electron chi connectivity index (χ0n) is 16.5. The number of hydrogen-bond donors (Lipinski definition) is 0. The van der Waals surface area contributed by atoms with Gasteiger partial charge in [-0.2, -0.15) is 0 Å². The first-order valence-corrected chi connectivity index (χ1v) is 9.94. The Morgan fingerprint density at radius 1 is 1.17 bits per heavy atom. The lowest BCUT2D eigenvalue weighted by Crippen LogP contribution is -2.44.